The molecule has 144 valence electrons. The minimum Gasteiger partial charge on any atom is -0.482 e. The quantitative estimate of drug-likeness (QED) is 0.650. The molecule has 0 spiro atoms. The number of carbonyl (C=O) groups is 1. The fourth-order valence-electron chi connectivity index (χ4n) is 2.90. The van der Waals surface area contributed by atoms with Gasteiger partial charge in [0.1, 0.15) is 5.75 Å². The van der Waals surface area contributed by atoms with Crippen molar-refractivity contribution in [3.8, 4) is 5.75 Å². The molecule has 2 aromatic carbocycles. The van der Waals surface area contributed by atoms with Crippen LogP contribution in [-0.4, -0.2) is 33.7 Å². The molecule has 2 aromatic rings. The van der Waals surface area contributed by atoms with Crippen LogP contribution in [0.3, 0.4) is 0 Å². The summed E-state index contributed by atoms with van der Waals surface area (Å²) in [5.74, 6) is 0.00858. The number of aryl methyl sites for hydroxylation is 1. The molecule has 0 unspecified atom stereocenters. The smallest absolute Gasteiger partial charge is 0.264 e. The summed E-state index contributed by atoms with van der Waals surface area (Å²) in [6.07, 6.45) is 2.61. The zero-order chi connectivity index (χ0) is 19.8. The molecule has 0 N–H and O–H groups in total. The first-order chi connectivity index (χ1) is 12.7. The van der Waals surface area contributed by atoms with Gasteiger partial charge in [-0.1, -0.05) is 34.8 Å². The highest BCUT2D eigenvalue weighted by atomic mass is 35.5. The van der Waals surface area contributed by atoms with Crippen LogP contribution in [0.5, 0.6) is 5.75 Å². The average Bonchev–Trinajstić information content (AvgIpc) is 2.61. The molecule has 0 saturated carbocycles. The molecule has 0 bridgehead atoms. The number of ether oxygens (including phenoxy) is 1. The molecule has 0 saturated heterocycles. The first-order valence-electron chi connectivity index (χ1n) is 8.07. The Labute approximate surface area is 172 Å². The van der Waals surface area contributed by atoms with Gasteiger partial charge in [0, 0.05) is 24.6 Å². The van der Waals surface area contributed by atoms with Gasteiger partial charge in [0.15, 0.2) is 16.4 Å². The highest BCUT2D eigenvalue weighted by Crippen LogP contribution is 2.34. The van der Waals surface area contributed by atoms with Crippen LogP contribution >= 0.6 is 34.8 Å². The largest absolute Gasteiger partial charge is 0.482 e. The van der Waals surface area contributed by atoms with E-state index in [1.807, 2.05) is 0 Å². The van der Waals surface area contributed by atoms with Crippen LogP contribution in [0.25, 0.3) is 0 Å². The molecule has 0 radical (unpaired) electrons. The van der Waals surface area contributed by atoms with E-state index in [9.17, 15) is 13.2 Å². The number of nitrogens with zero attached hydrogens (tertiary/aromatic N) is 1. The van der Waals surface area contributed by atoms with Gasteiger partial charge in [0.2, 0.25) is 0 Å². The van der Waals surface area contributed by atoms with Crippen LogP contribution in [0.1, 0.15) is 12.0 Å². The van der Waals surface area contributed by atoms with Gasteiger partial charge in [0.05, 0.1) is 20.0 Å². The van der Waals surface area contributed by atoms with Crippen molar-refractivity contribution in [1.82, 2.24) is 0 Å². The number of sulfone groups is 1. The van der Waals surface area contributed by atoms with E-state index in [2.05, 4.69) is 0 Å². The molecule has 0 aromatic heterocycles. The Balaban J connectivity index is 1.78. The average molecular weight is 449 g/mol. The van der Waals surface area contributed by atoms with Gasteiger partial charge in [-0.3, -0.25) is 4.79 Å². The van der Waals surface area contributed by atoms with Gasteiger partial charge in [0.25, 0.3) is 5.91 Å². The van der Waals surface area contributed by atoms with Crippen molar-refractivity contribution in [3.05, 3.63) is 51.0 Å². The number of fused-ring (bicyclic) bond motifs is 1. The molecule has 5 nitrogen and oxygen atoms in total. The van der Waals surface area contributed by atoms with Crippen LogP contribution < -0.4 is 9.64 Å². The van der Waals surface area contributed by atoms with Crippen molar-refractivity contribution in [2.24, 2.45) is 0 Å². The molecular weight excluding hydrogens is 433 g/mol. The molecule has 0 aliphatic carbocycles. The third-order valence-electron chi connectivity index (χ3n) is 4.22. The predicted octanol–water partition coefficient (Wildman–Crippen LogP) is 4.41. The Bertz CT molecular complexity index is 1010. The lowest BCUT2D eigenvalue weighted by atomic mass is 10.0. The minimum atomic E-state index is -3.30. The van der Waals surface area contributed by atoms with E-state index in [0.29, 0.717) is 23.7 Å². The lowest BCUT2D eigenvalue weighted by molar-refractivity contribution is -0.120. The van der Waals surface area contributed by atoms with Gasteiger partial charge in [-0.05, 0) is 42.7 Å². The standard InChI is InChI=1S/C18H16Cl3NO4S/c1-27(24,25)12-4-5-16-11(7-12)3-2-6-22(16)18(23)10-26-17-9-14(20)13(19)8-15(17)21/h4-5,7-9H,2-3,6,10H2,1H3. The third-order valence-corrected chi connectivity index (χ3v) is 6.35. The van der Waals surface area contributed by atoms with E-state index < -0.39 is 9.84 Å². The van der Waals surface area contributed by atoms with Gasteiger partial charge in [-0.2, -0.15) is 0 Å². The van der Waals surface area contributed by atoms with Gasteiger partial charge < -0.3 is 9.64 Å². The first-order valence-corrected chi connectivity index (χ1v) is 11.1. The van der Waals surface area contributed by atoms with Gasteiger partial charge in [-0.15, -0.1) is 0 Å². The molecule has 1 aliphatic heterocycles. The van der Waals surface area contributed by atoms with Crippen molar-refractivity contribution >= 4 is 56.2 Å². The van der Waals surface area contributed by atoms with Crippen molar-refractivity contribution in [3.63, 3.8) is 0 Å². The molecule has 27 heavy (non-hydrogen) atoms. The Kier molecular flexibility index (Phi) is 5.91. The van der Waals surface area contributed by atoms with E-state index >= 15 is 0 Å². The van der Waals surface area contributed by atoms with Crippen molar-refractivity contribution in [1.29, 1.82) is 0 Å². The summed E-state index contributed by atoms with van der Waals surface area (Å²) >= 11 is 17.9. The van der Waals surface area contributed by atoms with E-state index in [0.717, 1.165) is 18.2 Å². The second-order valence-corrected chi connectivity index (χ2v) is 9.43. The molecule has 9 heteroatoms. The highest BCUT2D eigenvalue weighted by molar-refractivity contribution is 7.90. The summed E-state index contributed by atoms with van der Waals surface area (Å²) in [4.78, 5) is 14.5. The normalized spacial score (nSPS) is 14.0. The number of benzene rings is 2. The summed E-state index contributed by atoms with van der Waals surface area (Å²) in [7, 11) is -3.30. The molecule has 1 heterocycles. The fourth-order valence-corrected chi connectivity index (χ4v) is 4.16. The Morgan fingerprint density at radius 1 is 1.11 bits per heavy atom. The Hall–Kier alpha value is -1.47. The van der Waals surface area contributed by atoms with Gasteiger partial charge in [-0.25, -0.2) is 8.42 Å². The second-order valence-electron chi connectivity index (χ2n) is 6.20. The zero-order valence-corrected chi connectivity index (χ0v) is 17.4. The number of carbonyl (C=O) groups excluding carboxylic acids is 1. The van der Waals surface area contributed by atoms with Crippen LogP contribution in [0.15, 0.2) is 35.2 Å². The molecule has 3 rings (SSSR count). The van der Waals surface area contributed by atoms with E-state index in [-0.39, 0.29) is 33.2 Å². The summed E-state index contributed by atoms with van der Waals surface area (Å²) in [6, 6.07) is 7.71. The summed E-state index contributed by atoms with van der Waals surface area (Å²) < 4.78 is 29.0. The van der Waals surface area contributed by atoms with Crippen molar-refractivity contribution in [2.75, 3.05) is 24.3 Å². The monoisotopic (exact) mass is 447 g/mol. The first kappa shape index (κ1) is 20.3. The fraction of sp³-hybridized carbons (Fsp3) is 0.278. The Morgan fingerprint density at radius 2 is 1.81 bits per heavy atom. The highest BCUT2D eigenvalue weighted by Gasteiger charge is 2.24. The number of halogens is 3. The van der Waals surface area contributed by atoms with E-state index in [1.54, 1.807) is 17.0 Å². The van der Waals surface area contributed by atoms with E-state index in [4.69, 9.17) is 39.5 Å². The molecule has 0 atom stereocenters. The van der Waals surface area contributed by atoms with Gasteiger partial charge >= 0.3 is 0 Å². The van der Waals surface area contributed by atoms with Crippen LogP contribution in [0, 0.1) is 0 Å². The number of anilines is 1. The zero-order valence-electron chi connectivity index (χ0n) is 14.3. The van der Waals surface area contributed by atoms with Crippen molar-refractivity contribution in [2.45, 2.75) is 17.7 Å². The maximum Gasteiger partial charge on any atom is 0.264 e. The number of hydrogen-bond acceptors (Lipinski definition) is 4. The summed E-state index contributed by atoms with van der Waals surface area (Å²) in [6.45, 7) is 0.299. The topological polar surface area (TPSA) is 63.7 Å². The SMILES string of the molecule is CS(=O)(=O)c1ccc2c(c1)CCCN2C(=O)COc1cc(Cl)c(Cl)cc1Cl. The predicted molar refractivity (Wildman–Crippen MR) is 107 cm³/mol. The second kappa shape index (κ2) is 7.87. The molecule has 1 aliphatic rings. The number of hydrogen-bond donors (Lipinski definition) is 0. The molecule has 0 fully saturated rings. The van der Waals surface area contributed by atoms with Crippen LogP contribution in [-0.2, 0) is 21.1 Å². The lowest BCUT2D eigenvalue weighted by Crippen LogP contribution is -2.38. The summed E-state index contributed by atoms with van der Waals surface area (Å²) in [5, 5.41) is 0.834. The Morgan fingerprint density at radius 3 is 2.52 bits per heavy atom. The maximum atomic E-state index is 12.7. The van der Waals surface area contributed by atoms with E-state index in [1.165, 1.54) is 18.2 Å². The summed E-state index contributed by atoms with van der Waals surface area (Å²) in [5.41, 5.74) is 1.52. The minimum absolute atomic E-state index is 0.231. The molecule has 1 amide bonds. The number of rotatable bonds is 4. The maximum absolute atomic E-state index is 12.7. The van der Waals surface area contributed by atoms with Crippen LogP contribution in [0.4, 0.5) is 5.69 Å². The van der Waals surface area contributed by atoms with Crippen LogP contribution in [0.2, 0.25) is 15.1 Å². The van der Waals surface area contributed by atoms with Crippen molar-refractivity contribution < 1.29 is 17.9 Å². The number of amides is 1. The molecular formula is C18H16Cl3NO4S. The third kappa shape index (κ3) is 4.51. The lowest BCUT2D eigenvalue weighted by Gasteiger charge is -2.29.